The second-order valence-electron chi connectivity index (χ2n) is 12.8. The van der Waals surface area contributed by atoms with Crippen LogP contribution < -0.4 is 0 Å². The summed E-state index contributed by atoms with van der Waals surface area (Å²) in [4.78, 5) is 15.1. The van der Waals surface area contributed by atoms with Crippen molar-refractivity contribution in [1.29, 1.82) is 0 Å². The Morgan fingerprint density at radius 1 is 0.520 bits per heavy atom. The number of hydrogen-bond donors (Lipinski definition) is 0. The zero-order chi connectivity index (χ0) is 33.0. The van der Waals surface area contributed by atoms with Crippen LogP contribution >= 0.6 is 0 Å². The number of fused-ring (bicyclic) bond motifs is 6. The monoisotopic (exact) mass is 642 g/mol. The molecular weight excluding hydrogens is 613 g/mol. The second-order valence-corrected chi connectivity index (χ2v) is 12.8. The van der Waals surface area contributed by atoms with Crippen molar-refractivity contribution in [3.63, 3.8) is 0 Å². The topological polar surface area (TPSA) is 56.7 Å². The van der Waals surface area contributed by atoms with Gasteiger partial charge in [0.15, 0.2) is 17.5 Å². The fraction of sp³-hybridized carbons (Fsp3) is 0.0444. The molecule has 0 N–H and O–H groups in total. The molecular formula is C45H30N4O. The van der Waals surface area contributed by atoms with Crippen molar-refractivity contribution in [1.82, 2.24) is 19.5 Å². The van der Waals surface area contributed by atoms with Gasteiger partial charge in [-0.3, -0.25) is 0 Å². The molecule has 1 atom stereocenters. The van der Waals surface area contributed by atoms with E-state index in [4.69, 9.17) is 19.4 Å². The molecule has 0 saturated heterocycles. The molecule has 0 bridgehead atoms. The van der Waals surface area contributed by atoms with Gasteiger partial charge in [-0.1, -0.05) is 146 Å². The van der Waals surface area contributed by atoms with E-state index in [9.17, 15) is 0 Å². The number of hydrogen-bond acceptors (Lipinski definition) is 4. The molecule has 50 heavy (non-hydrogen) atoms. The van der Waals surface area contributed by atoms with Crippen molar-refractivity contribution in [2.75, 3.05) is 0 Å². The molecule has 10 rings (SSSR count). The van der Waals surface area contributed by atoms with Gasteiger partial charge in [-0.15, -0.1) is 0 Å². The van der Waals surface area contributed by atoms with Crippen LogP contribution in [0.25, 0.3) is 83.2 Å². The molecule has 6 aromatic carbocycles. The number of para-hydroxylation sites is 3. The van der Waals surface area contributed by atoms with Gasteiger partial charge in [0, 0.05) is 50.2 Å². The van der Waals surface area contributed by atoms with Crippen LogP contribution in [0.1, 0.15) is 18.3 Å². The number of benzene rings is 6. The van der Waals surface area contributed by atoms with Gasteiger partial charge in [0.05, 0.1) is 11.6 Å². The number of aromatic nitrogens is 4. The first-order valence-electron chi connectivity index (χ1n) is 17.0. The fourth-order valence-corrected chi connectivity index (χ4v) is 7.57. The van der Waals surface area contributed by atoms with Gasteiger partial charge in [-0.25, -0.2) is 15.0 Å². The highest BCUT2D eigenvalue weighted by Crippen LogP contribution is 2.44. The van der Waals surface area contributed by atoms with Crippen LogP contribution in [0.2, 0.25) is 0 Å². The van der Waals surface area contributed by atoms with Crippen LogP contribution in [0, 0.1) is 0 Å². The van der Waals surface area contributed by atoms with Gasteiger partial charge < -0.3 is 8.98 Å². The molecule has 3 aromatic heterocycles. The summed E-state index contributed by atoms with van der Waals surface area (Å²) >= 11 is 0. The zero-order valence-electron chi connectivity index (χ0n) is 27.1. The summed E-state index contributed by atoms with van der Waals surface area (Å²) < 4.78 is 8.85. The van der Waals surface area contributed by atoms with E-state index in [1.54, 1.807) is 0 Å². The minimum atomic E-state index is 0.0240. The Hall–Kier alpha value is -6.59. The number of nitrogens with zero attached hydrogens (tertiary/aromatic N) is 4. The van der Waals surface area contributed by atoms with Crippen molar-refractivity contribution >= 4 is 49.3 Å². The van der Waals surface area contributed by atoms with Crippen molar-refractivity contribution < 1.29 is 4.42 Å². The minimum absolute atomic E-state index is 0.0240. The Morgan fingerprint density at radius 2 is 1.12 bits per heavy atom. The van der Waals surface area contributed by atoms with Crippen LogP contribution in [0.3, 0.4) is 0 Å². The average molecular weight is 643 g/mol. The largest absolute Gasteiger partial charge is 0.456 e. The summed E-state index contributed by atoms with van der Waals surface area (Å²) in [6.45, 7) is 0. The van der Waals surface area contributed by atoms with Crippen LogP contribution in [0.5, 0.6) is 0 Å². The smallest absolute Gasteiger partial charge is 0.164 e. The lowest BCUT2D eigenvalue weighted by molar-refractivity contribution is 0.654. The first kappa shape index (κ1) is 28.4. The lowest BCUT2D eigenvalue weighted by Crippen LogP contribution is -2.12. The molecule has 0 radical (unpaired) electrons. The van der Waals surface area contributed by atoms with E-state index in [1.165, 1.54) is 27.4 Å². The zero-order valence-corrected chi connectivity index (χ0v) is 27.1. The van der Waals surface area contributed by atoms with Crippen molar-refractivity contribution in [2.45, 2.75) is 12.5 Å². The van der Waals surface area contributed by atoms with E-state index in [0.717, 1.165) is 50.6 Å². The van der Waals surface area contributed by atoms with Gasteiger partial charge >= 0.3 is 0 Å². The number of furan rings is 1. The van der Waals surface area contributed by atoms with E-state index in [2.05, 4.69) is 120 Å². The Balaban J connectivity index is 1.15. The third-order valence-corrected chi connectivity index (χ3v) is 9.80. The molecule has 1 unspecified atom stereocenters. The standard InChI is InChI=1S/C45H30N4O/c1-3-14-29(15-4-1)43-46-44(30-16-5-2-6-17-30)48-45(47-43)31-18-11-19-32(28-31)49-38-25-9-7-20-33(38)35-23-12-24-36(42(35)49)34-22-13-27-40-41(34)37-21-8-10-26-39(37)50-40/h1-27,32H,28H2. The molecule has 9 aromatic rings. The molecule has 3 heterocycles. The maximum absolute atomic E-state index is 6.33. The van der Waals surface area contributed by atoms with Crippen molar-refractivity contribution in [3.8, 4) is 33.9 Å². The lowest BCUT2D eigenvalue weighted by Gasteiger charge is -2.23. The van der Waals surface area contributed by atoms with Gasteiger partial charge in [-0.05, 0) is 29.3 Å². The predicted octanol–water partition coefficient (Wildman–Crippen LogP) is 11.5. The van der Waals surface area contributed by atoms with E-state index in [0.29, 0.717) is 17.5 Å². The molecule has 0 spiro atoms. The summed E-state index contributed by atoms with van der Waals surface area (Å²) in [5.41, 5.74) is 9.52. The van der Waals surface area contributed by atoms with Crippen LogP contribution in [0.4, 0.5) is 0 Å². The third kappa shape index (κ3) is 4.59. The number of allylic oxidation sites excluding steroid dienone is 4. The summed E-state index contributed by atoms with van der Waals surface area (Å²) in [5, 5.41) is 4.72. The summed E-state index contributed by atoms with van der Waals surface area (Å²) in [6, 6.07) is 50.5. The molecule has 0 amide bonds. The molecule has 5 nitrogen and oxygen atoms in total. The average Bonchev–Trinajstić information content (AvgIpc) is 3.75. The molecule has 0 aliphatic heterocycles. The van der Waals surface area contributed by atoms with Gasteiger partial charge in [0.25, 0.3) is 0 Å². The Kier molecular flexibility index (Phi) is 6.56. The predicted molar refractivity (Wildman–Crippen MR) is 204 cm³/mol. The molecule has 0 fully saturated rings. The maximum Gasteiger partial charge on any atom is 0.164 e. The third-order valence-electron chi connectivity index (χ3n) is 9.80. The second kappa shape index (κ2) is 11.5. The van der Waals surface area contributed by atoms with Crippen LogP contribution in [-0.4, -0.2) is 19.5 Å². The van der Waals surface area contributed by atoms with Crippen LogP contribution in [-0.2, 0) is 0 Å². The normalized spacial score (nSPS) is 14.6. The van der Waals surface area contributed by atoms with Crippen molar-refractivity contribution in [3.05, 3.63) is 170 Å². The quantitative estimate of drug-likeness (QED) is 0.187. The SMILES string of the molecule is C1=CC(n2c3ccccc3c3cccc(-c4cccc5oc6ccccc6c45)c32)CC(c2nc(-c3ccccc3)nc(-c3ccccc3)n2)=C1. The maximum atomic E-state index is 6.33. The van der Waals surface area contributed by atoms with E-state index in [1.807, 2.05) is 48.5 Å². The summed E-state index contributed by atoms with van der Waals surface area (Å²) in [7, 11) is 0. The van der Waals surface area contributed by atoms with Gasteiger partial charge in [0.1, 0.15) is 11.2 Å². The molecule has 236 valence electrons. The minimum Gasteiger partial charge on any atom is -0.456 e. The summed E-state index contributed by atoms with van der Waals surface area (Å²) in [5.74, 6) is 2.03. The van der Waals surface area contributed by atoms with E-state index in [-0.39, 0.29) is 6.04 Å². The van der Waals surface area contributed by atoms with Crippen LogP contribution in [0.15, 0.2) is 168 Å². The van der Waals surface area contributed by atoms with Gasteiger partial charge in [0.2, 0.25) is 0 Å². The molecule has 0 saturated carbocycles. The lowest BCUT2D eigenvalue weighted by atomic mass is 9.96. The molecule has 5 heteroatoms. The Bertz CT molecular complexity index is 2730. The molecule has 1 aliphatic carbocycles. The highest BCUT2D eigenvalue weighted by molar-refractivity contribution is 6.18. The van der Waals surface area contributed by atoms with Crippen molar-refractivity contribution in [2.24, 2.45) is 0 Å². The fourth-order valence-electron chi connectivity index (χ4n) is 7.57. The highest BCUT2D eigenvalue weighted by atomic mass is 16.3. The van der Waals surface area contributed by atoms with E-state index >= 15 is 0 Å². The van der Waals surface area contributed by atoms with Gasteiger partial charge in [-0.2, -0.15) is 0 Å². The first-order chi connectivity index (χ1) is 24.8. The van der Waals surface area contributed by atoms with E-state index < -0.39 is 0 Å². The Morgan fingerprint density at radius 3 is 1.90 bits per heavy atom. The number of rotatable bonds is 5. The highest BCUT2D eigenvalue weighted by Gasteiger charge is 2.25. The molecule has 1 aliphatic rings. The summed E-state index contributed by atoms with van der Waals surface area (Å²) in [6.07, 6.45) is 7.34. The first-order valence-corrected chi connectivity index (χ1v) is 17.0. The Labute approximate surface area is 288 Å².